The predicted octanol–water partition coefficient (Wildman–Crippen LogP) is 4.09. The van der Waals surface area contributed by atoms with Gasteiger partial charge in [0.15, 0.2) is 0 Å². The Labute approximate surface area is 149 Å². The lowest BCUT2D eigenvalue weighted by Gasteiger charge is -2.25. The SMILES string of the molecule is Cc1ccc(CN(Cc2ccccc2)C[C@H](O)COCC(C)C)s1. The maximum absolute atomic E-state index is 10.3. The first-order valence-corrected chi connectivity index (χ1v) is 9.42. The Kier molecular flexibility index (Phi) is 7.92. The van der Waals surface area contributed by atoms with Crippen molar-refractivity contribution in [3.05, 3.63) is 57.8 Å². The Hall–Kier alpha value is -1.20. The first kappa shape index (κ1) is 19.1. The molecule has 1 atom stereocenters. The zero-order valence-electron chi connectivity index (χ0n) is 14.9. The van der Waals surface area contributed by atoms with Gasteiger partial charge in [0.2, 0.25) is 0 Å². The summed E-state index contributed by atoms with van der Waals surface area (Å²) in [6, 6.07) is 14.8. The Morgan fingerprint density at radius 2 is 1.79 bits per heavy atom. The van der Waals surface area contributed by atoms with Crippen LogP contribution in [0.15, 0.2) is 42.5 Å². The van der Waals surface area contributed by atoms with Crippen molar-refractivity contribution >= 4 is 11.3 Å². The monoisotopic (exact) mass is 347 g/mol. The van der Waals surface area contributed by atoms with Gasteiger partial charge in [0.1, 0.15) is 0 Å². The number of hydrogen-bond donors (Lipinski definition) is 1. The fourth-order valence-corrected chi connectivity index (χ4v) is 3.54. The Morgan fingerprint density at radius 1 is 1.04 bits per heavy atom. The zero-order chi connectivity index (χ0) is 17.4. The van der Waals surface area contributed by atoms with E-state index in [1.165, 1.54) is 15.3 Å². The predicted molar refractivity (Wildman–Crippen MR) is 101 cm³/mol. The van der Waals surface area contributed by atoms with E-state index in [0.29, 0.717) is 25.7 Å². The Morgan fingerprint density at radius 3 is 2.42 bits per heavy atom. The van der Waals surface area contributed by atoms with Crippen LogP contribution in [0.3, 0.4) is 0 Å². The highest BCUT2D eigenvalue weighted by Crippen LogP contribution is 2.18. The number of aliphatic hydroxyl groups is 1. The van der Waals surface area contributed by atoms with E-state index in [0.717, 1.165) is 13.1 Å². The van der Waals surface area contributed by atoms with Gasteiger partial charge in [-0.15, -0.1) is 11.3 Å². The molecule has 1 N–H and O–H groups in total. The standard InChI is InChI=1S/C20H29NO2S/c1-16(2)14-23-15-19(22)12-21(11-18-7-5-4-6-8-18)13-20-10-9-17(3)24-20/h4-10,16,19,22H,11-15H2,1-3H3/t19-/m0/s1. The van der Waals surface area contributed by atoms with E-state index in [2.05, 4.69) is 62.1 Å². The zero-order valence-corrected chi connectivity index (χ0v) is 15.8. The molecule has 24 heavy (non-hydrogen) atoms. The molecule has 0 aliphatic rings. The lowest BCUT2D eigenvalue weighted by molar-refractivity contribution is 0.00570. The quantitative estimate of drug-likeness (QED) is 0.702. The van der Waals surface area contributed by atoms with Gasteiger partial charge < -0.3 is 9.84 Å². The molecule has 1 aromatic heterocycles. The van der Waals surface area contributed by atoms with Crippen molar-refractivity contribution < 1.29 is 9.84 Å². The molecular formula is C20H29NO2S. The van der Waals surface area contributed by atoms with Gasteiger partial charge in [-0.05, 0) is 30.5 Å². The van der Waals surface area contributed by atoms with Crippen molar-refractivity contribution in [2.75, 3.05) is 19.8 Å². The molecule has 2 rings (SSSR count). The van der Waals surface area contributed by atoms with E-state index in [4.69, 9.17) is 4.74 Å². The molecule has 0 aliphatic heterocycles. The number of nitrogens with zero attached hydrogens (tertiary/aromatic N) is 1. The molecular weight excluding hydrogens is 318 g/mol. The number of aliphatic hydroxyl groups excluding tert-OH is 1. The van der Waals surface area contributed by atoms with E-state index in [-0.39, 0.29) is 0 Å². The largest absolute Gasteiger partial charge is 0.389 e. The molecule has 0 saturated heterocycles. The third-order valence-electron chi connectivity index (χ3n) is 3.65. The van der Waals surface area contributed by atoms with Gasteiger partial charge in [-0.2, -0.15) is 0 Å². The van der Waals surface area contributed by atoms with Crippen LogP contribution in [0.4, 0.5) is 0 Å². The van der Waals surface area contributed by atoms with Crippen LogP contribution in [0, 0.1) is 12.8 Å². The molecule has 0 radical (unpaired) electrons. The van der Waals surface area contributed by atoms with Gasteiger partial charge >= 0.3 is 0 Å². The summed E-state index contributed by atoms with van der Waals surface area (Å²) in [4.78, 5) is 4.95. The molecule has 1 aromatic carbocycles. The number of ether oxygens (including phenoxy) is 1. The maximum atomic E-state index is 10.3. The molecule has 0 bridgehead atoms. The van der Waals surface area contributed by atoms with E-state index in [1.54, 1.807) is 0 Å². The van der Waals surface area contributed by atoms with Crippen molar-refractivity contribution in [1.29, 1.82) is 0 Å². The summed E-state index contributed by atoms with van der Waals surface area (Å²) in [5, 5.41) is 10.3. The molecule has 3 nitrogen and oxygen atoms in total. The third kappa shape index (κ3) is 7.14. The van der Waals surface area contributed by atoms with Gasteiger partial charge in [0.05, 0.1) is 12.7 Å². The van der Waals surface area contributed by atoms with Gasteiger partial charge in [0, 0.05) is 36.0 Å². The number of benzene rings is 1. The summed E-state index contributed by atoms with van der Waals surface area (Å²) in [5.41, 5.74) is 1.26. The molecule has 0 fully saturated rings. The minimum Gasteiger partial charge on any atom is -0.389 e. The average Bonchev–Trinajstić information content (AvgIpc) is 2.93. The summed E-state index contributed by atoms with van der Waals surface area (Å²) in [5.74, 6) is 0.492. The van der Waals surface area contributed by atoms with Crippen LogP contribution in [0.25, 0.3) is 0 Å². The van der Waals surface area contributed by atoms with Crippen LogP contribution in [-0.4, -0.2) is 35.9 Å². The van der Waals surface area contributed by atoms with Crippen LogP contribution in [-0.2, 0) is 17.8 Å². The molecule has 0 saturated carbocycles. The minimum atomic E-state index is -0.464. The molecule has 0 amide bonds. The fourth-order valence-electron chi connectivity index (χ4n) is 2.61. The van der Waals surface area contributed by atoms with Crippen molar-refractivity contribution in [2.45, 2.75) is 40.0 Å². The van der Waals surface area contributed by atoms with Crippen LogP contribution >= 0.6 is 11.3 Å². The summed E-state index contributed by atoms with van der Waals surface area (Å²) < 4.78 is 5.59. The second kappa shape index (κ2) is 9.94. The van der Waals surface area contributed by atoms with E-state index in [1.807, 2.05) is 17.4 Å². The summed E-state index contributed by atoms with van der Waals surface area (Å²) in [7, 11) is 0. The molecule has 132 valence electrons. The highest BCUT2D eigenvalue weighted by Gasteiger charge is 2.14. The molecule has 0 aliphatic carbocycles. The smallest absolute Gasteiger partial charge is 0.0900 e. The molecule has 2 aromatic rings. The average molecular weight is 348 g/mol. The fraction of sp³-hybridized carbons (Fsp3) is 0.500. The van der Waals surface area contributed by atoms with Crippen LogP contribution in [0.5, 0.6) is 0 Å². The van der Waals surface area contributed by atoms with E-state index < -0.39 is 6.10 Å². The highest BCUT2D eigenvalue weighted by molar-refractivity contribution is 7.11. The summed E-state index contributed by atoms with van der Waals surface area (Å²) in [6.45, 7) is 9.76. The van der Waals surface area contributed by atoms with E-state index >= 15 is 0 Å². The van der Waals surface area contributed by atoms with Gasteiger partial charge in [-0.25, -0.2) is 0 Å². The van der Waals surface area contributed by atoms with Gasteiger partial charge in [-0.1, -0.05) is 44.2 Å². The number of thiophene rings is 1. The summed E-state index contributed by atoms with van der Waals surface area (Å²) >= 11 is 1.82. The second-order valence-electron chi connectivity index (χ2n) is 6.75. The normalized spacial score (nSPS) is 12.9. The van der Waals surface area contributed by atoms with Crippen LogP contribution in [0.2, 0.25) is 0 Å². The molecule has 0 spiro atoms. The van der Waals surface area contributed by atoms with Gasteiger partial charge in [0.25, 0.3) is 0 Å². The van der Waals surface area contributed by atoms with Gasteiger partial charge in [-0.3, -0.25) is 4.90 Å². The molecule has 0 unspecified atom stereocenters. The number of aryl methyl sites for hydroxylation is 1. The lowest BCUT2D eigenvalue weighted by Crippen LogP contribution is -2.34. The first-order valence-electron chi connectivity index (χ1n) is 8.60. The topological polar surface area (TPSA) is 32.7 Å². The van der Waals surface area contributed by atoms with Crippen molar-refractivity contribution in [3.63, 3.8) is 0 Å². The third-order valence-corrected chi connectivity index (χ3v) is 4.64. The molecule has 4 heteroatoms. The van der Waals surface area contributed by atoms with Crippen molar-refractivity contribution in [3.8, 4) is 0 Å². The first-order chi connectivity index (χ1) is 11.5. The second-order valence-corrected chi connectivity index (χ2v) is 8.13. The Balaban J connectivity index is 1.93. The maximum Gasteiger partial charge on any atom is 0.0900 e. The van der Waals surface area contributed by atoms with Crippen molar-refractivity contribution in [2.24, 2.45) is 5.92 Å². The summed E-state index contributed by atoms with van der Waals surface area (Å²) in [6.07, 6.45) is -0.464. The lowest BCUT2D eigenvalue weighted by atomic mass is 10.2. The highest BCUT2D eigenvalue weighted by atomic mass is 32.1. The van der Waals surface area contributed by atoms with Crippen LogP contribution < -0.4 is 0 Å². The number of rotatable bonds is 10. The van der Waals surface area contributed by atoms with Crippen molar-refractivity contribution in [1.82, 2.24) is 4.90 Å². The van der Waals surface area contributed by atoms with Crippen LogP contribution in [0.1, 0.15) is 29.2 Å². The number of hydrogen-bond acceptors (Lipinski definition) is 4. The minimum absolute atomic E-state index is 0.396. The van der Waals surface area contributed by atoms with E-state index in [9.17, 15) is 5.11 Å². The Bertz CT molecular complexity index is 582. The molecule has 1 heterocycles.